The molecule has 0 atom stereocenters. The minimum absolute atomic E-state index is 0.417. The highest BCUT2D eigenvalue weighted by atomic mass is 15.1. The van der Waals surface area contributed by atoms with Crippen molar-refractivity contribution in [1.29, 1.82) is 0 Å². The molecule has 0 aliphatic carbocycles. The van der Waals surface area contributed by atoms with Crippen LogP contribution in [0.4, 0.5) is 5.69 Å². The highest BCUT2D eigenvalue weighted by Gasteiger charge is 2.06. The fraction of sp³-hybridized carbons (Fsp3) is 0.250. The molecule has 1 aromatic heterocycles. The van der Waals surface area contributed by atoms with Crippen LogP contribution < -0.4 is 5.73 Å². The maximum Gasteiger partial charge on any atom is 0.0953 e. The summed E-state index contributed by atoms with van der Waals surface area (Å²) in [6, 6.07) is 8.27. The van der Waals surface area contributed by atoms with Crippen LogP contribution >= 0.6 is 0 Å². The van der Waals surface area contributed by atoms with Gasteiger partial charge in [0.25, 0.3) is 0 Å². The predicted molar refractivity (Wildman–Crippen MR) is 62.5 cm³/mol. The molecule has 0 aliphatic rings. The summed E-state index contributed by atoms with van der Waals surface area (Å²) in [7, 11) is 0. The Hall–Kier alpha value is -1.77. The fourth-order valence-corrected chi connectivity index (χ4v) is 1.59. The number of nitrogens with two attached hydrogens (primary N) is 1. The smallest absolute Gasteiger partial charge is 0.0953 e. The van der Waals surface area contributed by atoms with E-state index in [4.69, 9.17) is 5.73 Å². The first-order valence-corrected chi connectivity index (χ1v) is 5.06. The van der Waals surface area contributed by atoms with Crippen molar-refractivity contribution >= 4 is 5.69 Å². The number of anilines is 1. The minimum atomic E-state index is 0.417. The molecule has 0 aliphatic heterocycles. The normalized spacial score (nSPS) is 10.9. The van der Waals surface area contributed by atoms with Crippen LogP contribution in [0, 0.1) is 0 Å². The van der Waals surface area contributed by atoms with Gasteiger partial charge in [0.15, 0.2) is 0 Å². The molecule has 3 heteroatoms. The van der Waals surface area contributed by atoms with E-state index < -0.39 is 0 Å². The summed E-state index contributed by atoms with van der Waals surface area (Å²) < 4.78 is 2.14. The van der Waals surface area contributed by atoms with Gasteiger partial charge >= 0.3 is 0 Å². The van der Waals surface area contributed by atoms with Gasteiger partial charge in [0.05, 0.1) is 18.2 Å². The number of aromatic nitrogens is 2. The summed E-state index contributed by atoms with van der Waals surface area (Å²) in [4.78, 5) is 4.17. The molecule has 1 aromatic carbocycles. The number of imidazole rings is 1. The predicted octanol–water partition coefficient (Wildman–Crippen LogP) is 2.71. The highest BCUT2D eigenvalue weighted by Crippen LogP contribution is 2.22. The monoisotopic (exact) mass is 201 g/mol. The average molecular weight is 201 g/mol. The molecule has 0 amide bonds. The minimum Gasteiger partial charge on any atom is -0.399 e. The molecule has 0 saturated carbocycles. The summed E-state index contributed by atoms with van der Waals surface area (Å²) in [6.45, 7) is 4.28. The summed E-state index contributed by atoms with van der Waals surface area (Å²) in [5.41, 5.74) is 8.72. The number of hydrogen-bond donors (Lipinski definition) is 1. The summed E-state index contributed by atoms with van der Waals surface area (Å²) >= 11 is 0. The molecule has 0 unspecified atom stereocenters. The number of benzene rings is 1. The lowest BCUT2D eigenvalue weighted by Crippen LogP contribution is -2.00. The average Bonchev–Trinajstić information content (AvgIpc) is 2.67. The van der Waals surface area contributed by atoms with E-state index in [0.717, 1.165) is 16.9 Å². The number of nitrogen functional groups attached to an aromatic ring is 1. The largest absolute Gasteiger partial charge is 0.399 e. The molecule has 0 bridgehead atoms. The lowest BCUT2D eigenvalue weighted by molar-refractivity contribution is 0.605. The Labute approximate surface area is 89.6 Å². The maximum absolute atomic E-state index is 5.66. The second kappa shape index (κ2) is 3.77. The summed E-state index contributed by atoms with van der Waals surface area (Å²) in [6.07, 6.45) is 3.74. The topological polar surface area (TPSA) is 43.8 Å². The van der Waals surface area contributed by atoms with Gasteiger partial charge in [-0.25, -0.2) is 4.98 Å². The van der Waals surface area contributed by atoms with E-state index in [-0.39, 0.29) is 0 Å². The first-order valence-electron chi connectivity index (χ1n) is 5.06. The van der Waals surface area contributed by atoms with Gasteiger partial charge in [-0.15, -0.1) is 0 Å². The Morgan fingerprint density at radius 2 is 1.87 bits per heavy atom. The van der Waals surface area contributed by atoms with Gasteiger partial charge in [0.1, 0.15) is 0 Å². The Morgan fingerprint density at radius 1 is 1.20 bits per heavy atom. The Kier molecular flexibility index (Phi) is 2.46. The van der Waals surface area contributed by atoms with Crippen molar-refractivity contribution in [2.45, 2.75) is 19.9 Å². The van der Waals surface area contributed by atoms with E-state index in [1.165, 1.54) is 0 Å². The van der Waals surface area contributed by atoms with E-state index in [9.17, 15) is 0 Å². The first kappa shape index (κ1) is 9.77. The highest BCUT2D eigenvalue weighted by molar-refractivity contribution is 5.61. The lowest BCUT2D eigenvalue weighted by atomic mass is 10.1. The third-order valence-electron chi connectivity index (χ3n) is 2.43. The standard InChI is InChI=1S/C12H15N3/c1-9(2)15-8-14-7-12(15)10-3-5-11(13)6-4-10/h3-9H,13H2,1-2H3. The van der Waals surface area contributed by atoms with E-state index in [1.807, 2.05) is 36.8 Å². The number of hydrogen-bond acceptors (Lipinski definition) is 2. The summed E-state index contributed by atoms with van der Waals surface area (Å²) in [5.74, 6) is 0. The van der Waals surface area contributed by atoms with Crippen molar-refractivity contribution in [3.63, 3.8) is 0 Å². The van der Waals surface area contributed by atoms with Crippen molar-refractivity contribution in [1.82, 2.24) is 9.55 Å². The Bertz CT molecular complexity index is 440. The second-order valence-electron chi connectivity index (χ2n) is 3.90. The lowest BCUT2D eigenvalue weighted by Gasteiger charge is -2.11. The van der Waals surface area contributed by atoms with Crippen LogP contribution in [0.1, 0.15) is 19.9 Å². The van der Waals surface area contributed by atoms with Gasteiger partial charge < -0.3 is 10.3 Å². The molecular formula is C12H15N3. The maximum atomic E-state index is 5.66. The third-order valence-corrected chi connectivity index (χ3v) is 2.43. The van der Waals surface area contributed by atoms with Gasteiger partial charge in [0.2, 0.25) is 0 Å². The van der Waals surface area contributed by atoms with Gasteiger partial charge in [-0.1, -0.05) is 12.1 Å². The molecule has 78 valence electrons. The van der Waals surface area contributed by atoms with E-state index in [1.54, 1.807) is 0 Å². The van der Waals surface area contributed by atoms with Crippen LogP contribution in [0.25, 0.3) is 11.3 Å². The van der Waals surface area contributed by atoms with E-state index >= 15 is 0 Å². The third kappa shape index (κ3) is 1.86. The molecule has 0 spiro atoms. The van der Waals surface area contributed by atoms with Crippen molar-refractivity contribution < 1.29 is 0 Å². The van der Waals surface area contributed by atoms with Gasteiger partial charge in [-0.2, -0.15) is 0 Å². The second-order valence-corrected chi connectivity index (χ2v) is 3.90. The van der Waals surface area contributed by atoms with Gasteiger partial charge in [0, 0.05) is 11.7 Å². The molecule has 2 aromatic rings. The van der Waals surface area contributed by atoms with Crippen LogP contribution in [-0.4, -0.2) is 9.55 Å². The molecule has 15 heavy (non-hydrogen) atoms. The fourth-order valence-electron chi connectivity index (χ4n) is 1.59. The van der Waals surface area contributed by atoms with Crippen LogP contribution in [0.2, 0.25) is 0 Å². The number of rotatable bonds is 2. The van der Waals surface area contributed by atoms with Crippen molar-refractivity contribution in [2.24, 2.45) is 0 Å². The molecule has 1 heterocycles. The molecule has 2 rings (SSSR count). The first-order chi connectivity index (χ1) is 7.18. The molecule has 0 radical (unpaired) electrons. The van der Waals surface area contributed by atoms with Crippen LogP contribution in [0.15, 0.2) is 36.8 Å². The molecule has 2 N–H and O–H groups in total. The van der Waals surface area contributed by atoms with Crippen LogP contribution in [0.5, 0.6) is 0 Å². The van der Waals surface area contributed by atoms with E-state index in [0.29, 0.717) is 6.04 Å². The molecule has 3 nitrogen and oxygen atoms in total. The van der Waals surface area contributed by atoms with E-state index in [2.05, 4.69) is 23.4 Å². The SMILES string of the molecule is CC(C)n1cncc1-c1ccc(N)cc1. The Balaban J connectivity index is 2.45. The molecular weight excluding hydrogens is 186 g/mol. The molecule has 0 fully saturated rings. The zero-order valence-electron chi connectivity index (χ0n) is 9.01. The van der Waals surface area contributed by atoms with Crippen LogP contribution in [0.3, 0.4) is 0 Å². The number of nitrogens with zero attached hydrogens (tertiary/aromatic N) is 2. The van der Waals surface area contributed by atoms with Crippen molar-refractivity contribution in [2.75, 3.05) is 5.73 Å². The van der Waals surface area contributed by atoms with Crippen molar-refractivity contribution in [3.05, 3.63) is 36.8 Å². The van der Waals surface area contributed by atoms with Crippen molar-refractivity contribution in [3.8, 4) is 11.3 Å². The van der Waals surface area contributed by atoms with Crippen LogP contribution in [-0.2, 0) is 0 Å². The summed E-state index contributed by atoms with van der Waals surface area (Å²) in [5, 5.41) is 0. The molecule has 0 saturated heterocycles. The van der Waals surface area contributed by atoms with Gasteiger partial charge in [-0.3, -0.25) is 0 Å². The zero-order chi connectivity index (χ0) is 10.8. The quantitative estimate of drug-likeness (QED) is 0.759. The van der Waals surface area contributed by atoms with Gasteiger partial charge in [-0.05, 0) is 31.5 Å². The zero-order valence-corrected chi connectivity index (χ0v) is 9.01. The Morgan fingerprint density at radius 3 is 2.47 bits per heavy atom.